The van der Waals surface area contributed by atoms with Crippen LogP contribution in [0.4, 0.5) is 0 Å². The van der Waals surface area contributed by atoms with E-state index in [1.807, 2.05) is 24.3 Å². The van der Waals surface area contributed by atoms with Crippen molar-refractivity contribution >= 4 is 11.3 Å². The van der Waals surface area contributed by atoms with Gasteiger partial charge in [0.15, 0.2) is 5.01 Å². The molecule has 2 aromatic heterocycles. The molecule has 0 saturated carbocycles. The molecule has 8 heteroatoms. The predicted octanol–water partition coefficient (Wildman–Crippen LogP) is 4.77. The zero-order valence-corrected chi connectivity index (χ0v) is 19.6. The molecule has 0 radical (unpaired) electrons. The van der Waals surface area contributed by atoms with Gasteiger partial charge >= 0.3 is 0 Å². The molecule has 2 aliphatic heterocycles. The number of aromatic nitrogens is 3. The Balaban J connectivity index is 1.34. The quantitative estimate of drug-likeness (QED) is 0.597. The van der Waals surface area contributed by atoms with Crippen molar-refractivity contribution in [1.29, 1.82) is 0 Å². The summed E-state index contributed by atoms with van der Waals surface area (Å²) in [7, 11) is 3.82. The molecule has 0 aliphatic carbocycles. The van der Waals surface area contributed by atoms with Gasteiger partial charge in [-0.05, 0) is 63.1 Å². The Morgan fingerprint density at radius 2 is 1.78 bits per heavy atom. The summed E-state index contributed by atoms with van der Waals surface area (Å²) in [6.07, 6.45) is 6.19. The van der Waals surface area contributed by atoms with Crippen molar-refractivity contribution in [2.75, 3.05) is 14.2 Å². The van der Waals surface area contributed by atoms with Gasteiger partial charge in [-0.1, -0.05) is 22.5 Å². The highest BCUT2D eigenvalue weighted by Gasteiger charge is 2.54. The summed E-state index contributed by atoms with van der Waals surface area (Å²) in [5.74, 6) is 0.681. The van der Waals surface area contributed by atoms with Crippen LogP contribution in [0.1, 0.15) is 39.5 Å². The first-order valence-corrected chi connectivity index (χ1v) is 11.7. The van der Waals surface area contributed by atoms with Gasteiger partial charge in [0.25, 0.3) is 5.19 Å². The van der Waals surface area contributed by atoms with Gasteiger partial charge in [0.05, 0.1) is 12.7 Å². The Hall–Kier alpha value is -2.71. The minimum Gasteiger partial charge on any atom is -0.507 e. The second kappa shape index (κ2) is 7.71. The average Bonchev–Trinajstić information content (AvgIpc) is 3.28. The lowest BCUT2D eigenvalue weighted by Gasteiger charge is -2.48. The molecule has 3 aromatic rings. The summed E-state index contributed by atoms with van der Waals surface area (Å²) in [4.78, 5) is 6.66. The number of rotatable bonds is 5. The van der Waals surface area contributed by atoms with Gasteiger partial charge in [-0.3, -0.25) is 4.90 Å². The number of phenols is 1. The smallest absolute Gasteiger partial charge is 0.294 e. The maximum absolute atomic E-state index is 10.7. The van der Waals surface area contributed by atoms with Crippen molar-refractivity contribution in [2.24, 2.45) is 0 Å². The highest BCUT2D eigenvalue weighted by molar-refractivity contribution is 7.16. The SMILES string of the molecule is COc1cc(-c2ccc(-c3nnc(O[C@H]4C[C@]5(C)CC[C@](C)(C4)N5C)s3)c(O)c2)ccn1. The molecule has 7 nitrogen and oxygen atoms in total. The van der Waals surface area contributed by atoms with Crippen molar-refractivity contribution in [3.05, 3.63) is 36.5 Å². The van der Waals surface area contributed by atoms with Crippen molar-refractivity contribution in [3.63, 3.8) is 0 Å². The van der Waals surface area contributed by atoms with Crippen LogP contribution < -0.4 is 9.47 Å². The maximum Gasteiger partial charge on any atom is 0.294 e. The summed E-state index contributed by atoms with van der Waals surface area (Å²) in [6.45, 7) is 4.66. The van der Waals surface area contributed by atoms with Gasteiger partial charge in [0.2, 0.25) is 5.88 Å². The molecule has 1 N–H and O–H groups in total. The second-order valence-electron chi connectivity index (χ2n) is 9.39. The van der Waals surface area contributed by atoms with E-state index >= 15 is 0 Å². The molecule has 2 fully saturated rings. The van der Waals surface area contributed by atoms with E-state index in [0.29, 0.717) is 21.6 Å². The van der Waals surface area contributed by atoms with E-state index in [1.165, 1.54) is 24.2 Å². The minimum absolute atomic E-state index is 0.127. The highest BCUT2D eigenvalue weighted by atomic mass is 32.1. The average molecular weight is 453 g/mol. The van der Waals surface area contributed by atoms with Gasteiger partial charge in [0, 0.05) is 36.2 Å². The number of methoxy groups -OCH3 is 1. The molecule has 168 valence electrons. The first-order valence-electron chi connectivity index (χ1n) is 10.9. The van der Waals surface area contributed by atoms with E-state index in [1.54, 1.807) is 19.4 Å². The Labute approximate surface area is 192 Å². The fourth-order valence-electron chi connectivity index (χ4n) is 5.24. The Morgan fingerprint density at radius 3 is 2.47 bits per heavy atom. The fourth-order valence-corrected chi connectivity index (χ4v) is 6.04. The van der Waals surface area contributed by atoms with Crippen LogP contribution in [0.25, 0.3) is 21.7 Å². The van der Waals surface area contributed by atoms with Gasteiger partial charge in [-0.25, -0.2) is 4.98 Å². The molecule has 3 atom stereocenters. The number of fused-ring (bicyclic) bond motifs is 2. The number of nitrogens with zero attached hydrogens (tertiary/aromatic N) is 4. The molecule has 0 amide bonds. The first kappa shape index (κ1) is 21.2. The summed E-state index contributed by atoms with van der Waals surface area (Å²) in [5.41, 5.74) is 2.78. The number of piperidine rings is 1. The number of aromatic hydroxyl groups is 1. The molecular weight excluding hydrogens is 424 g/mol. The van der Waals surface area contributed by atoms with Crippen LogP contribution in [0, 0.1) is 0 Å². The molecule has 5 rings (SSSR count). The van der Waals surface area contributed by atoms with Crippen molar-refractivity contribution < 1.29 is 14.6 Å². The van der Waals surface area contributed by atoms with Gasteiger partial charge < -0.3 is 14.6 Å². The van der Waals surface area contributed by atoms with Crippen molar-refractivity contribution in [1.82, 2.24) is 20.1 Å². The van der Waals surface area contributed by atoms with Crippen LogP contribution in [-0.2, 0) is 0 Å². The third-order valence-electron chi connectivity index (χ3n) is 7.34. The summed E-state index contributed by atoms with van der Waals surface area (Å²) < 4.78 is 11.5. The van der Waals surface area contributed by atoms with Crippen LogP contribution in [0.3, 0.4) is 0 Å². The van der Waals surface area contributed by atoms with Gasteiger partial charge in [-0.2, -0.15) is 0 Å². The maximum atomic E-state index is 10.7. The standard InChI is InChI=1S/C24H28N4O3S/c1-23-8-9-24(2,28(23)3)14-17(13-23)31-22-27-26-21(32-22)18-6-5-15(11-19(18)29)16-7-10-25-20(12-16)30-4/h5-7,10-12,17,29H,8-9,13-14H2,1-4H3/t17-,23-,24+. The van der Waals surface area contributed by atoms with Crippen molar-refractivity contribution in [2.45, 2.75) is 56.7 Å². The van der Waals surface area contributed by atoms with Crippen LogP contribution in [0.5, 0.6) is 16.8 Å². The lowest BCUT2D eigenvalue weighted by molar-refractivity contribution is -0.0252. The third kappa shape index (κ3) is 3.61. The highest BCUT2D eigenvalue weighted by Crippen LogP contribution is 2.50. The van der Waals surface area contributed by atoms with E-state index in [-0.39, 0.29) is 22.9 Å². The Morgan fingerprint density at radius 1 is 1.06 bits per heavy atom. The summed E-state index contributed by atoms with van der Waals surface area (Å²) in [6, 6.07) is 9.24. The third-order valence-corrected chi connectivity index (χ3v) is 8.18. The minimum atomic E-state index is 0.127. The number of phenolic OH excluding ortho intramolecular Hbond substituents is 1. The Bertz CT molecular complexity index is 1130. The fraction of sp³-hybridized carbons (Fsp3) is 0.458. The zero-order chi connectivity index (χ0) is 22.5. The largest absolute Gasteiger partial charge is 0.507 e. The second-order valence-corrected chi connectivity index (χ2v) is 10.3. The first-order chi connectivity index (χ1) is 15.3. The Kier molecular flexibility index (Phi) is 5.09. The van der Waals surface area contributed by atoms with Crippen LogP contribution in [-0.4, -0.2) is 56.5 Å². The monoisotopic (exact) mass is 452 g/mol. The van der Waals surface area contributed by atoms with Crippen LogP contribution >= 0.6 is 11.3 Å². The zero-order valence-electron chi connectivity index (χ0n) is 18.8. The molecule has 2 saturated heterocycles. The van der Waals surface area contributed by atoms with E-state index in [0.717, 1.165) is 24.0 Å². The van der Waals surface area contributed by atoms with E-state index in [9.17, 15) is 5.11 Å². The lowest BCUT2D eigenvalue weighted by atomic mass is 9.84. The molecule has 0 spiro atoms. The topological polar surface area (TPSA) is 80.6 Å². The van der Waals surface area contributed by atoms with E-state index in [4.69, 9.17) is 9.47 Å². The number of pyridine rings is 1. The number of benzene rings is 1. The number of hydrogen-bond donors (Lipinski definition) is 1. The van der Waals surface area contributed by atoms with E-state index in [2.05, 4.69) is 41.0 Å². The molecule has 2 bridgehead atoms. The molecule has 2 aliphatic rings. The normalized spacial score (nSPS) is 27.4. The van der Waals surface area contributed by atoms with Crippen LogP contribution in [0.15, 0.2) is 36.5 Å². The number of hydrogen-bond acceptors (Lipinski definition) is 8. The molecule has 4 heterocycles. The van der Waals surface area contributed by atoms with Gasteiger partial charge in [0.1, 0.15) is 11.9 Å². The van der Waals surface area contributed by atoms with E-state index < -0.39 is 0 Å². The summed E-state index contributed by atoms with van der Waals surface area (Å²) >= 11 is 1.37. The lowest BCUT2D eigenvalue weighted by Crippen LogP contribution is -2.57. The molecular formula is C24H28N4O3S. The molecule has 0 unspecified atom stereocenters. The molecule has 32 heavy (non-hydrogen) atoms. The van der Waals surface area contributed by atoms with Crippen molar-refractivity contribution in [3.8, 4) is 38.5 Å². The predicted molar refractivity (Wildman–Crippen MR) is 124 cm³/mol. The van der Waals surface area contributed by atoms with Gasteiger partial charge in [-0.15, -0.1) is 5.10 Å². The van der Waals surface area contributed by atoms with Crippen LogP contribution in [0.2, 0.25) is 0 Å². The summed E-state index contributed by atoms with van der Waals surface area (Å²) in [5, 5.41) is 20.4. The number of ether oxygens (including phenoxy) is 2. The molecule has 1 aromatic carbocycles.